The Hall–Kier alpha value is -1.13. The second-order valence-electron chi connectivity index (χ2n) is 4.32. The number of halogens is 1. The molecule has 0 saturated carbocycles. The molecule has 3 nitrogen and oxygen atoms in total. The third kappa shape index (κ3) is 3.21. The lowest BCUT2D eigenvalue weighted by Crippen LogP contribution is -2.23. The number of likely N-dealkylation sites (N-methyl/N-ethyl adjacent to an activating group) is 1. The van der Waals surface area contributed by atoms with E-state index in [0.29, 0.717) is 6.04 Å². The molecule has 1 heterocycles. The minimum absolute atomic E-state index is 0.292. The fraction of sp³-hybridized carbons (Fsp3) is 0.357. The van der Waals surface area contributed by atoms with Gasteiger partial charge in [-0.3, -0.25) is 4.68 Å². The Morgan fingerprint density at radius 2 is 2.11 bits per heavy atom. The molecular weight excluding hydrogens is 290 g/mol. The first kappa shape index (κ1) is 13.3. The molecule has 1 unspecified atom stereocenters. The Morgan fingerprint density at radius 1 is 1.33 bits per heavy atom. The third-order valence-electron chi connectivity index (χ3n) is 2.91. The molecule has 1 atom stereocenters. The maximum Gasteiger partial charge on any atom is 0.0643 e. The van der Waals surface area contributed by atoms with Crippen LogP contribution in [0.2, 0.25) is 0 Å². The first-order valence-electron chi connectivity index (χ1n) is 6.17. The lowest BCUT2D eigenvalue weighted by molar-refractivity contribution is 0.538. The van der Waals surface area contributed by atoms with Gasteiger partial charge in [0.1, 0.15) is 0 Å². The summed E-state index contributed by atoms with van der Waals surface area (Å²) in [7, 11) is 1.95. The monoisotopic (exact) mass is 307 g/mol. The van der Waals surface area contributed by atoms with Crippen molar-refractivity contribution in [2.24, 2.45) is 7.05 Å². The van der Waals surface area contributed by atoms with E-state index >= 15 is 0 Å². The molecule has 0 saturated heterocycles. The SMILES string of the molecule is CCNC(Cc1ccn(C)n1)c1ccccc1Br. The molecule has 0 amide bonds. The number of nitrogens with zero attached hydrogens (tertiary/aromatic N) is 2. The zero-order chi connectivity index (χ0) is 13.0. The molecule has 0 aliphatic carbocycles. The number of nitrogens with one attached hydrogen (secondary N) is 1. The average Bonchev–Trinajstić information content (AvgIpc) is 2.75. The number of hydrogen-bond donors (Lipinski definition) is 1. The van der Waals surface area contributed by atoms with Crippen molar-refractivity contribution < 1.29 is 0 Å². The normalized spacial score (nSPS) is 12.6. The van der Waals surface area contributed by atoms with Crippen LogP contribution in [-0.2, 0) is 13.5 Å². The molecule has 1 aromatic heterocycles. The van der Waals surface area contributed by atoms with Gasteiger partial charge in [0.25, 0.3) is 0 Å². The summed E-state index contributed by atoms with van der Waals surface area (Å²) in [5.74, 6) is 0. The van der Waals surface area contributed by atoms with Crippen LogP contribution in [0.1, 0.15) is 24.2 Å². The maximum atomic E-state index is 4.45. The van der Waals surface area contributed by atoms with Gasteiger partial charge in [-0.2, -0.15) is 5.10 Å². The quantitative estimate of drug-likeness (QED) is 0.920. The second-order valence-corrected chi connectivity index (χ2v) is 5.17. The summed E-state index contributed by atoms with van der Waals surface area (Å²) >= 11 is 3.62. The Balaban J connectivity index is 2.20. The molecule has 4 heteroatoms. The highest BCUT2D eigenvalue weighted by Gasteiger charge is 2.14. The Morgan fingerprint density at radius 3 is 2.72 bits per heavy atom. The molecule has 0 bridgehead atoms. The van der Waals surface area contributed by atoms with E-state index in [1.165, 1.54) is 5.56 Å². The summed E-state index contributed by atoms with van der Waals surface area (Å²) < 4.78 is 2.99. The molecule has 1 aromatic carbocycles. The van der Waals surface area contributed by atoms with Crippen molar-refractivity contribution in [2.45, 2.75) is 19.4 Å². The Kier molecular flexibility index (Phi) is 4.55. The summed E-state index contributed by atoms with van der Waals surface area (Å²) in [6.45, 7) is 3.07. The van der Waals surface area contributed by atoms with Crippen molar-refractivity contribution in [3.8, 4) is 0 Å². The van der Waals surface area contributed by atoms with Crippen molar-refractivity contribution in [1.82, 2.24) is 15.1 Å². The number of aryl methyl sites for hydroxylation is 1. The van der Waals surface area contributed by atoms with Crippen LogP contribution in [0.4, 0.5) is 0 Å². The minimum Gasteiger partial charge on any atom is -0.310 e. The van der Waals surface area contributed by atoms with E-state index in [1.807, 2.05) is 24.0 Å². The minimum atomic E-state index is 0.292. The van der Waals surface area contributed by atoms with E-state index < -0.39 is 0 Å². The van der Waals surface area contributed by atoms with E-state index in [2.05, 4.69) is 57.5 Å². The lowest BCUT2D eigenvalue weighted by atomic mass is 10.0. The van der Waals surface area contributed by atoms with Crippen LogP contribution < -0.4 is 5.32 Å². The van der Waals surface area contributed by atoms with Crippen molar-refractivity contribution in [2.75, 3.05) is 6.54 Å². The molecule has 0 fully saturated rings. The molecule has 18 heavy (non-hydrogen) atoms. The van der Waals surface area contributed by atoms with Gasteiger partial charge in [-0.25, -0.2) is 0 Å². The summed E-state index contributed by atoms with van der Waals surface area (Å²) in [4.78, 5) is 0. The predicted molar refractivity (Wildman–Crippen MR) is 77.5 cm³/mol. The lowest BCUT2D eigenvalue weighted by Gasteiger charge is -2.18. The second kappa shape index (κ2) is 6.16. The van der Waals surface area contributed by atoms with Crippen molar-refractivity contribution >= 4 is 15.9 Å². The number of rotatable bonds is 5. The van der Waals surface area contributed by atoms with Crippen molar-refractivity contribution in [3.05, 3.63) is 52.3 Å². The van der Waals surface area contributed by atoms with E-state index in [1.54, 1.807) is 0 Å². The Labute approximate surface area is 116 Å². The highest BCUT2D eigenvalue weighted by molar-refractivity contribution is 9.10. The smallest absolute Gasteiger partial charge is 0.0643 e. The van der Waals surface area contributed by atoms with Gasteiger partial charge in [-0.15, -0.1) is 0 Å². The average molecular weight is 308 g/mol. The number of benzene rings is 1. The zero-order valence-electron chi connectivity index (χ0n) is 10.7. The van der Waals surface area contributed by atoms with Gasteiger partial charge in [-0.05, 0) is 24.2 Å². The van der Waals surface area contributed by atoms with Gasteiger partial charge < -0.3 is 5.32 Å². The van der Waals surface area contributed by atoms with Crippen LogP contribution in [0.3, 0.4) is 0 Å². The van der Waals surface area contributed by atoms with E-state index in [0.717, 1.165) is 23.1 Å². The fourth-order valence-electron chi connectivity index (χ4n) is 2.08. The summed E-state index contributed by atoms with van der Waals surface area (Å²) in [6.07, 6.45) is 2.88. The van der Waals surface area contributed by atoms with Gasteiger partial charge >= 0.3 is 0 Å². The summed E-state index contributed by atoms with van der Waals surface area (Å²) in [6, 6.07) is 10.7. The van der Waals surface area contributed by atoms with Crippen LogP contribution in [0, 0.1) is 0 Å². The maximum absolute atomic E-state index is 4.45. The number of hydrogen-bond acceptors (Lipinski definition) is 2. The van der Waals surface area contributed by atoms with E-state index in [-0.39, 0.29) is 0 Å². The number of aromatic nitrogens is 2. The molecule has 0 spiro atoms. The van der Waals surface area contributed by atoms with Crippen molar-refractivity contribution in [3.63, 3.8) is 0 Å². The highest BCUT2D eigenvalue weighted by atomic mass is 79.9. The molecule has 2 aromatic rings. The van der Waals surface area contributed by atoms with Gasteiger partial charge in [0.2, 0.25) is 0 Å². The van der Waals surface area contributed by atoms with Crippen molar-refractivity contribution in [1.29, 1.82) is 0 Å². The van der Waals surface area contributed by atoms with Crippen LogP contribution >= 0.6 is 15.9 Å². The highest BCUT2D eigenvalue weighted by Crippen LogP contribution is 2.25. The topological polar surface area (TPSA) is 29.9 Å². The van der Waals surface area contributed by atoms with Crippen LogP contribution in [-0.4, -0.2) is 16.3 Å². The Bertz CT molecular complexity index is 507. The zero-order valence-corrected chi connectivity index (χ0v) is 12.3. The fourth-order valence-corrected chi connectivity index (χ4v) is 2.64. The standard InChI is InChI=1S/C14H18BrN3/c1-3-16-14(10-11-8-9-18(2)17-11)12-6-4-5-7-13(12)15/h4-9,14,16H,3,10H2,1-2H3. The van der Waals surface area contributed by atoms with Gasteiger partial charge in [0.15, 0.2) is 0 Å². The summed E-state index contributed by atoms with van der Waals surface area (Å²) in [5.41, 5.74) is 2.39. The molecule has 96 valence electrons. The van der Waals surface area contributed by atoms with E-state index in [4.69, 9.17) is 0 Å². The van der Waals surface area contributed by atoms with Gasteiger partial charge in [-0.1, -0.05) is 41.1 Å². The molecular formula is C14H18BrN3. The molecule has 0 radical (unpaired) electrons. The first-order valence-corrected chi connectivity index (χ1v) is 6.96. The van der Waals surface area contributed by atoms with Crippen LogP contribution in [0.15, 0.2) is 41.0 Å². The van der Waals surface area contributed by atoms with E-state index in [9.17, 15) is 0 Å². The molecule has 0 aliphatic heterocycles. The first-order chi connectivity index (χ1) is 8.70. The molecule has 1 N–H and O–H groups in total. The third-order valence-corrected chi connectivity index (χ3v) is 3.64. The van der Waals surface area contributed by atoms with Gasteiger partial charge in [0.05, 0.1) is 5.69 Å². The summed E-state index contributed by atoms with van der Waals surface area (Å²) in [5, 5.41) is 7.97. The largest absolute Gasteiger partial charge is 0.310 e. The molecule has 0 aliphatic rings. The molecule has 2 rings (SSSR count). The van der Waals surface area contributed by atoms with Crippen LogP contribution in [0.5, 0.6) is 0 Å². The van der Waals surface area contributed by atoms with Crippen LogP contribution in [0.25, 0.3) is 0 Å². The van der Waals surface area contributed by atoms with Gasteiger partial charge in [0, 0.05) is 30.2 Å². The predicted octanol–water partition coefficient (Wildman–Crippen LogP) is 3.08.